The fourth-order valence-electron chi connectivity index (χ4n) is 4.41. The van der Waals surface area contributed by atoms with E-state index in [2.05, 4.69) is 28.1 Å². The number of amides is 3. The first-order chi connectivity index (χ1) is 15.7. The fourth-order valence-corrected chi connectivity index (χ4v) is 4.41. The highest BCUT2D eigenvalue weighted by Crippen LogP contribution is 2.24. The zero-order chi connectivity index (χ0) is 22.2. The van der Waals surface area contributed by atoms with Crippen molar-refractivity contribution in [2.24, 2.45) is 0 Å². The number of hydrogen-bond acceptors (Lipinski definition) is 2. The summed E-state index contributed by atoms with van der Waals surface area (Å²) in [6.07, 6.45) is 6.88. The predicted molar refractivity (Wildman–Crippen MR) is 130 cm³/mol. The van der Waals surface area contributed by atoms with E-state index in [1.807, 2.05) is 54.6 Å². The number of fused-ring (bicyclic) bond motifs is 1. The van der Waals surface area contributed by atoms with Gasteiger partial charge in [0, 0.05) is 18.3 Å². The number of urea groups is 1. The first-order valence-electron chi connectivity index (χ1n) is 11.6. The molecule has 32 heavy (non-hydrogen) atoms. The summed E-state index contributed by atoms with van der Waals surface area (Å²) in [7, 11) is 0. The lowest BCUT2D eigenvalue weighted by atomic mass is 9.96. The third kappa shape index (κ3) is 6.10. The fraction of sp³-hybridized carbons (Fsp3) is 0.333. The molecule has 1 fully saturated rings. The van der Waals surface area contributed by atoms with E-state index in [1.165, 1.54) is 19.3 Å². The van der Waals surface area contributed by atoms with Crippen LogP contribution in [0.3, 0.4) is 0 Å². The highest BCUT2D eigenvalue weighted by atomic mass is 16.2. The van der Waals surface area contributed by atoms with Crippen LogP contribution in [0.15, 0.2) is 66.7 Å². The lowest BCUT2D eigenvalue weighted by Crippen LogP contribution is -2.39. The zero-order valence-electron chi connectivity index (χ0n) is 18.4. The molecule has 1 saturated carbocycles. The molecule has 1 aliphatic carbocycles. The van der Waals surface area contributed by atoms with E-state index < -0.39 is 0 Å². The number of nitrogens with one attached hydrogen (secondary N) is 3. The predicted octanol–water partition coefficient (Wildman–Crippen LogP) is 5.20. The van der Waals surface area contributed by atoms with E-state index in [4.69, 9.17) is 0 Å². The minimum absolute atomic E-state index is 0.0261. The number of hydrogen-bond donors (Lipinski definition) is 3. The van der Waals surface area contributed by atoms with Crippen molar-refractivity contribution in [3.63, 3.8) is 0 Å². The van der Waals surface area contributed by atoms with Crippen molar-refractivity contribution in [1.82, 2.24) is 10.6 Å². The van der Waals surface area contributed by atoms with Gasteiger partial charge < -0.3 is 16.0 Å². The summed E-state index contributed by atoms with van der Waals surface area (Å²) >= 11 is 0. The van der Waals surface area contributed by atoms with Gasteiger partial charge in [-0.1, -0.05) is 73.9 Å². The van der Waals surface area contributed by atoms with Gasteiger partial charge in [0.05, 0.1) is 6.42 Å². The zero-order valence-corrected chi connectivity index (χ0v) is 18.4. The van der Waals surface area contributed by atoms with Crippen molar-refractivity contribution >= 4 is 28.4 Å². The van der Waals surface area contributed by atoms with Gasteiger partial charge in [-0.05, 0) is 53.3 Å². The monoisotopic (exact) mass is 429 g/mol. The van der Waals surface area contributed by atoms with Crippen molar-refractivity contribution < 1.29 is 9.59 Å². The molecule has 0 radical (unpaired) electrons. The van der Waals surface area contributed by atoms with Gasteiger partial charge in [0.15, 0.2) is 0 Å². The number of carbonyl (C=O) groups is 2. The molecule has 166 valence electrons. The van der Waals surface area contributed by atoms with E-state index >= 15 is 0 Å². The van der Waals surface area contributed by atoms with Gasteiger partial charge in [0.1, 0.15) is 0 Å². The summed E-state index contributed by atoms with van der Waals surface area (Å²) < 4.78 is 0. The minimum atomic E-state index is -0.137. The molecule has 0 aliphatic heterocycles. The Bertz CT molecular complexity index is 1060. The Labute approximate surface area is 189 Å². The average molecular weight is 430 g/mol. The molecule has 3 aromatic rings. The Morgan fingerprint density at radius 2 is 1.69 bits per heavy atom. The number of benzene rings is 3. The Kier molecular flexibility index (Phi) is 7.38. The molecule has 0 atom stereocenters. The second kappa shape index (κ2) is 10.8. The van der Waals surface area contributed by atoms with Crippen LogP contribution >= 0.6 is 0 Å². The number of carbonyl (C=O) groups excluding carboxylic acids is 2. The first kappa shape index (κ1) is 21.9. The van der Waals surface area contributed by atoms with Gasteiger partial charge >= 0.3 is 6.03 Å². The van der Waals surface area contributed by atoms with Crippen LogP contribution in [0.2, 0.25) is 0 Å². The highest BCUT2D eigenvalue weighted by molar-refractivity contribution is 5.94. The van der Waals surface area contributed by atoms with Gasteiger partial charge in [-0.15, -0.1) is 0 Å². The van der Waals surface area contributed by atoms with Crippen molar-refractivity contribution in [3.05, 3.63) is 77.9 Å². The van der Waals surface area contributed by atoms with Crippen LogP contribution in [0, 0.1) is 0 Å². The van der Waals surface area contributed by atoms with E-state index in [-0.39, 0.29) is 18.0 Å². The largest absolute Gasteiger partial charge is 0.355 e. The summed E-state index contributed by atoms with van der Waals surface area (Å²) in [4.78, 5) is 24.7. The molecule has 0 saturated heterocycles. The van der Waals surface area contributed by atoms with E-state index in [1.54, 1.807) is 0 Å². The molecule has 4 rings (SSSR count). The maximum atomic E-state index is 12.4. The Morgan fingerprint density at radius 3 is 2.50 bits per heavy atom. The molecule has 3 aromatic carbocycles. The Hall–Kier alpha value is -3.34. The quantitative estimate of drug-likeness (QED) is 0.483. The van der Waals surface area contributed by atoms with Crippen LogP contribution < -0.4 is 16.0 Å². The third-order valence-corrected chi connectivity index (χ3v) is 6.09. The van der Waals surface area contributed by atoms with Crippen LogP contribution in [0.1, 0.15) is 43.2 Å². The molecule has 0 bridgehead atoms. The molecule has 5 heteroatoms. The summed E-state index contributed by atoms with van der Waals surface area (Å²) in [5.74, 6) is 0.0261. The van der Waals surface area contributed by atoms with E-state index in [0.717, 1.165) is 46.8 Å². The Morgan fingerprint density at radius 1 is 0.875 bits per heavy atom. The summed E-state index contributed by atoms with van der Waals surface area (Å²) in [5, 5.41) is 11.3. The maximum Gasteiger partial charge on any atom is 0.319 e. The van der Waals surface area contributed by atoms with Crippen LogP contribution in [0.4, 0.5) is 10.5 Å². The Balaban J connectivity index is 1.35. The first-order valence-corrected chi connectivity index (χ1v) is 11.6. The molecule has 0 unspecified atom stereocenters. The maximum absolute atomic E-state index is 12.4. The van der Waals surface area contributed by atoms with Gasteiger partial charge in [-0.2, -0.15) is 0 Å². The molecule has 0 heterocycles. The minimum Gasteiger partial charge on any atom is -0.355 e. The van der Waals surface area contributed by atoms with Gasteiger partial charge in [0.2, 0.25) is 5.91 Å². The van der Waals surface area contributed by atoms with Crippen LogP contribution in [0.5, 0.6) is 0 Å². The highest BCUT2D eigenvalue weighted by Gasteiger charge is 2.15. The molecule has 0 spiro atoms. The van der Waals surface area contributed by atoms with Crippen LogP contribution in [-0.4, -0.2) is 24.5 Å². The van der Waals surface area contributed by atoms with Crippen LogP contribution in [0.25, 0.3) is 10.8 Å². The SMILES string of the molecule is O=C(Cc1ccccc1)NCCc1cccc2ccc(NC(=O)NC3CCCCC3)cc12. The number of rotatable bonds is 7. The lowest BCUT2D eigenvalue weighted by molar-refractivity contribution is -0.120. The summed E-state index contributed by atoms with van der Waals surface area (Å²) in [5.41, 5.74) is 2.95. The summed E-state index contributed by atoms with van der Waals surface area (Å²) in [6, 6.07) is 22.1. The average Bonchev–Trinajstić information content (AvgIpc) is 2.80. The smallest absolute Gasteiger partial charge is 0.319 e. The molecule has 1 aliphatic rings. The topological polar surface area (TPSA) is 70.2 Å². The molecule has 3 amide bonds. The second-order valence-electron chi connectivity index (χ2n) is 8.55. The number of anilines is 1. The molecule has 5 nitrogen and oxygen atoms in total. The van der Waals surface area contributed by atoms with Gasteiger partial charge in [0.25, 0.3) is 0 Å². The summed E-state index contributed by atoms with van der Waals surface area (Å²) in [6.45, 7) is 0.574. The van der Waals surface area contributed by atoms with Crippen molar-refractivity contribution in [2.75, 3.05) is 11.9 Å². The second-order valence-corrected chi connectivity index (χ2v) is 8.55. The molecule has 3 N–H and O–H groups in total. The van der Waals surface area contributed by atoms with E-state index in [0.29, 0.717) is 13.0 Å². The van der Waals surface area contributed by atoms with Gasteiger partial charge in [-0.25, -0.2) is 4.79 Å². The molecular weight excluding hydrogens is 398 g/mol. The van der Waals surface area contributed by atoms with Crippen molar-refractivity contribution in [3.8, 4) is 0 Å². The van der Waals surface area contributed by atoms with Crippen molar-refractivity contribution in [2.45, 2.75) is 51.0 Å². The third-order valence-electron chi connectivity index (χ3n) is 6.09. The normalized spacial score (nSPS) is 14.1. The molecular formula is C27H31N3O2. The van der Waals surface area contributed by atoms with E-state index in [9.17, 15) is 9.59 Å². The van der Waals surface area contributed by atoms with Gasteiger partial charge in [-0.3, -0.25) is 4.79 Å². The van der Waals surface area contributed by atoms with Crippen LogP contribution in [-0.2, 0) is 17.6 Å². The standard InChI is InChI=1S/C27H31N3O2/c31-26(18-20-8-3-1-4-9-20)28-17-16-22-11-7-10-21-14-15-24(19-25(21)22)30-27(32)29-23-12-5-2-6-13-23/h1,3-4,7-11,14-15,19,23H,2,5-6,12-13,16-18H2,(H,28,31)(H2,29,30,32). The molecule has 0 aromatic heterocycles. The lowest BCUT2D eigenvalue weighted by Gasteiger charge is -2.23. The van der Waals surface area contributed by atoms with Crippen molar-refractivity contribution in [1.29, 1.82) is 0 Å².